The molecular weight excluding hydrogens is 234 g/mol. The van der Waals surface area contributed by atoms with Gasteiger partial charge in [-0.3, -0.25) is 4.79 Å². The molecule has 5 heteroatoms. The number of hydrogen-bond acceptors (Lipinski definition) is 3. The van der Waals surface area contributed by atoms with Gasteiger partial charge in [-0.15, -0.1) is 0 Å². The van der Waals surface area contributed by atoms with E-state index in [4.69, 9.17) is 5.73 Å². The van der Waals surface area contributed by atoms with Crippen molar-refractivity contribution in [1.29, 1.82) is 0 Å². The van der Waals surface area contributed by atoms with Crippen LogP contribution in [0.2, 0.25) is 0 Å². The monoisotopic (exact) mass is 255 g/mol. The van der Waals surface area contributed by atoms with Crippen molar-refractivity contribution in [3.05, 3.63) is 18.0 Å². The first-order valence-electron chi connectivity index (χ1n) is 5.95. The van der Waals surface area contributed by atoms with Crippen molar-refractivity contribution in [1.82, 2.24) is 10.3 Å². The van der Waals surface area contributed by atoms with Crippen LogP contribution in [0.25, 0.3) is 0 Å². The fraction of sp³-hybridized carbons (Fsp3) is 0.583. The largest absolute Gasteiger partial charge is 0.397 e. The van der Waals surface area contributed by atoms with E-state index in [0.29, 0.717) is 11.4 Å². The first-order valence-corrected chi connectivity index (χ1v) is 7.34. The maximum Gasteiger partial charge on any atom is 0.267 e. The van der Waals surface area contributed by atoms with Crippen molar-refractivity contribution < 1.29 is 4.79 Å². The summed E-state index contributed by atoms with van der Waals surface area (Å²) >= 11 is 1.88. The second kappa shape index (κ2) is 8.06. The molecule has 0 aliphatic carbocycles. The Hall–Kier alpha value is -1.10. The molecule has 0 aromatic carbocycles. The molecule has 0 saturated carbocycles. The predicted molar refractivity (Wildman–Crippen MR) is 74.4 cm³/mol. The number of nitrogens with one attached hydrogen (secondary N) is 2. The van der Waals surface area contributed by atoms with Gasteiger partial charge >= 0.3 is 0 Å². The van der Waals surface area contributed by atoms with Crippen LogP contribution in [0.3, 0.4) is 0 Å². The Bertz CT molecular complexity index is 338. The lowest BCUT2D eigenvalue weighted by atomic mass is 10.2. The quantitative estimate of drug-likeness (QED) is 0.624. The minimum absolute atomic E-state index is 0.0780. The van der Waals surface area contributed by atoms with Crippen LogP contribution >= 0.6 is 11.8 Å². The zero-order valence-electron chi connectivity index (χ0n) is 10.3. The number of carbonyl (C=O) groups excluding carboxylic acids is 1. The SMILES string of the molecule is CSCCCCCCNC(=O)c1cc(N)c[nH]1. The summed E-state index contributed by atoms with van der Waals surface area (Å²) in [5.74, 6) is 1.15. The molecular formula is C12H21N3OS. The molecule has 0 atom stereocenters. The number of carbonyl (C=O) groups is 1. The maximum absolute atomic E-state index is 11.6. The average Bonchev–Trinajstić information content (AvgIpc) is 2.74. The van der Waals surface area contributed by atoms with E-state index in [0.717, 1.165) is 13.0 Å². The number of aromatic amines is 1. The van der Waals surface area contributed by atoms with Gasteiger partial charge in [0.05, 0.1) is 0 Å². The highest BCUT2D eigenvalue weighted by Crippen LogP contribution is 2.05. The molecule has 1 heterocycles. The minimum Gasteiger partial charge on any atom is -0.397 e. The van der Waals surface area contributed by atoms with Crippen molar-refractivity contribution in [2.75, 3.05) is 24.3 Å². The third kappa shape index (κ3) is 5.68. The summed E-state index contributed by atoms with van der Waals surface area (Å²) in [7, 11) is 0. The smallest absolute Gasteiger partial charge is 0.267 e. The highest BCUT2D eigenvalue weighted by Gasteiger charge is 2.05. The third-order valence-electron chi connectivity index (χ3n) is 2.51. The first-order chi connectivity index (χ1) is 8.24. The molecule has 4 nitrogen and oxygen atoms in total. The predicted octanol–water partition coefficient (Wildman–Crippen LogP) is 2.25. The number of unbranched alkanes of at least 4 members (excludes halogenated alkanes) is 3. The molecule has 0 radical (unpaired) electrons. The number of aromatic nitrogens is 1. The highest BCUT2D eigenvalue weighted by atomic mass is 32.2. The average molecular weight is 255 g/mol. The van der Waals surface area contributed by atoms with Gasteiger partial charge in [-0.05, 0) is 30.9 Å². The molecule has 0 aliphatic heterocycles. The lowest BCUT2D eigenvalue weighted by Crippen LogP contribution is -2.24. The second-order valence-corrected chi connectivity index (χ2v) is 5.00. The summed E-state index contributed by atoms with van der Waals surface area (Å²) < 4.78 is 0. The summed E-state index contributed by atoms with van der Waals surface area (Å²) in [6.45, 7) is 0.733. The molecule has 0 fully saturated rings. The molecule has 1 aromatic rings. The number of nitrogens with two attached hydrogens (primary N) is 1. The van der Waals surface area contributed by atoms with Gasteiger partial charge in [-0.2, -0.15) is 11.8 Å². The van der Waals surface area contributed by atoms with E-state index in [1.165, 1.54) is 25.0 Å². The lowest BCUT2D eigenvalue weighted by molar-refractivity contribution is 0.0948. The van der Waals surface area contributed by atoms with Gasteiger partial charge in [-0.25, -0.2) is 0 Å². The number of rotatable bonds is 8. The van der Waals surface area contributed by atoms with Crippen LogP contribution in [0.5, 0.6) is 0 Å². The molecule has 17 heavy (non-hydrogen) atoms. The fourth-order valence-electron chi connectivity index (χ4n) is 1.56. The van der Waals surface area contributed by atoms with Gasteiger partial charge in [0.15, 0.2) is 0 Å². The van der Waals surface area contributed by atoms with Crippen LogP contribution < -0.4 is 11.1 Å². The molecule has 0 spiro atoms. The topological polar surface area (TPSA) is 70.9 Å². The summed E-state index contributed by atoms with van der Waals surface area (Å²) in [6.07, 6.45) is 8.47. The number of amides is 1. The van der Waals surface area contributed by atoms with Gasteiger partial charge in [-0.1, -0.05) is 12.8 Å². The Balaban J connectivity index is 2.05. The van der Waals surface area contributed by atoms with Crippen LogP contribution in [0.15, 0.2) is 12.3 Å². The Morgan fingerprint density at radius 3 is 2.82 bits per heavy atom. The second-order valence-electron chi connectivity index (χ2n) is 4.01. The Morgan fingerprint density at radius 2 is 2.18 bits per heavy atom. The number of hydrogen-bond donors (Lipinski definition) is 3. The third-order valence-corrected chi connectivity index (χ3v) is 3.21. The van der Waals surface area contributed by atoms with Gasteiger partial charge in [0.25, 0.3) is 5.91 Å². The summed E-state index contributed by atoms with van der Waals surface area (Å²) in [5, 5.41) is 2.87. The highest BCUT2D eigenvalue weighted by molar-refractivity contribution is 7.98. The molecule has 1 aromatic heterocycles. The van der Waals surface area contributed by atoms with E-state index in [2.05, 4.69) is 16.6 Å². The van der Waals surface area contributed by atoms with Crippen molar-refractivity contribution in [2.24, 2.45) is 0 Å². The van der Waals surface area contributed by atoms with Crippen molar-refractivity contribution in [3.63, 3.8) is 0 Å². The number of H-pyrrole nitrogens is 1. The fourth-order valence-corrected chi connectivity index (χ4v) is 2.06. The zero-order valence-corrected chi connectivity index (χ0v) is 11.1. The van der Waals surface area contributed by atoms with Crippen LogP contribution in [-0.4, -0.2) is 29.4 Å². The number of nitrogen functional groups attached to an aromatic ring is 1. The van der Waals surface area contributed by atoms with E-state index in [1.54, 1.807) is 12.3 Å². The van der Waals surface area contributed by atoms with Gasteiger partial charge < -0.3 is 16.0 Å². The van der Waals surface area contributed by atoms with E-state index in [-0.39, 0.29) is 5.91 Å². The van der Waals surface area contributed by atoms with Gasteiger partial charge in [0.1, 0.15) is 5.69 Å². The lowest BCUT2D eigenvalue weighted by Gasteiger charge is -2.03. The minimum atomic E-state index is -0.0780. The van der Waals surface area contributed by atoms with E-state index in [9.17, 15) is 4.79 Å². The van der Waals surface area contributed by atoms with Crippen molar-refractivity contribution in [2.45, 2.75) is 25.7 Å². The van der Waals surface area contributed by atoms with Gasteiger partial charge in [0.2, 0.25) is 0 Å². The Labute approximate surface area is 107 Å². The van der Waals surface area contributed by atoms with Crippen molar-refractivity contribution in [3.8, 4) is 0 Å². The standard InChI is InChI=1S/C12H21N3OS/c1-17-7-5-3-2-4-6-14-12(16)11-8-10(13)9-15-11/h8-9,15H,2-7,13H2,1H3,(H,14,16). The summed E-state index contributed by atoms with van der Waals surface area (Å²) in [6, 6.07) is 1.65. The normalized spacial score (nSPS) is 10.4. The molecule has 0 aliphatic rings. The zero-order chi connectivity index (χ0) is 12.5. The summed E-state index contributed by atoms with van der Waals surface area (Å²) in [4.78, 5) is 14.4. The summed E-state index contributed by atoms with van der Waals surface area (Å²) in [5.41, 5.74) is 6.65. The van der Waals surface area contributed by atoms with E-state index >= 15 is 0 Å². The van der Waals surface area contributed by atoms with E-state index < -0.39 is 0 Å². The molecule has 0 unspecified atom stereocenters. The van der Waals surface area contributed by atoms with Crippen LogP contribution in [0, 0.1) is 0 Å². The number of thioether (sulfide) groups is 1. The van der Waals surface area contributed by atoms with Crippen LogP contribution in [-0.2, 0) is 0 Å². The first kappa shape index (κ1) is 14.0. The van der Waals surface area contributed by atoms with Gasteiger partial charge in [0, 0.05) is 18.4 Å². The van der Waals surface area contributed by atoms with Crippen LogP contribution in [0.1, 0.15) is 36.2 Å². The molecule has 1 rings (SSSR count). The molecule has 0 saturated heterocycles. The molecule has 96 valence electrons. The molecule has 0 bridgehead atoms. The Kier molecular flexibility index (Phi) is 6.62. The number of anilines is 1. The maximum atomic E-state index is 11.6. The Morgan fingerprint density at radius 1 is 1.41 bits per heavy atom. The van der Waals surface area contributed by atoms with Crippen molar-refractivity contribution >= 4 is 23.4 Å². The van der Waals surface area contributed by atoms with Crippen LogP contribution in [0.4, 0.5) is 5.69 Å². The molecule has 4 N–H and O–H groups in total. The van der Waals surface area contributed by atoms with E-state index in [1.807, 2.05) is 11.8 Å². The molecule has 1 amide bonds.